The summed E-state index contributed by atoms with van der Waals surface area (Å²) in [7, 11) is -7.65. The van der Waals surface area contributed by atoms with Crippen molar-refractivity contribution in [1.82, 2.24) is 0 Å². The SMILES string of the molecule is C=C(OP(=O)(OCC)OCC)C12CC3(C(=C)OP(=O)(OCC)OCC)C1[C@H]1OC(C)(C)O[C@H]1C23. The van der Waals surface area contributed by atoms with E-state index in [-0.39, 0.29) is 50.5 Å². The molecule has 0 aromatic carbocycles. The molecule has 4 bridgehead atoms. The molecule has 0 amide bonds. The topological polar surface area (TPSA) is 108 Å². The molecule has 194 valence electrons. The van der Waals surface area contributed by atoms with Gasteiger partial charge in [0.25, 0.3) is 0 Å². The van der Waals surface area contributed by atoms with Crippen LogP contribution < -0.4 is 0 Å². The smallest absolute Gasteiger partial charge is 0.409 e. The molecule has 0 N–H and O–H groups in total. The van der Waals surface area contributed by atoms with Gasteiger partial charge in [-0.2, -0.15) is 0 Å². The highest BCUT2D eigenvalue weighted by molar-refractivity contribution is 7.48. The van der Waals surface area contributed by atoms with Gasteiger partial charge in [-0.25, -0.2) is 9.13 Å². The minimum Gasteiger partial charge on any atom is -0.409 e. The van der Waals surface area contributed by atoms with Crippen LogP contribution in [0.5, 0.6) is 0 Å². The number of hydrogen-bond donors (Lipinski definition) is 0. The van der Waals surface area contributed by atoms with Crippen LogP contribution in [0.15, 0.2) is 24.7 Å². The van der Waals surface area contributed by atoms with Gasteiger partial charge in [0.1, 0.15) is 11.5 Å². The van der Waals surface area contributed by atoms with Crippen molar-refractivity contribution in [2.75, 3.05) is 26.4 Å². The molecule has 0 radical (unpaired) electrons. The summed E-state index contributed by atoms with van der Waals surface area (Å²) in [5.74, 6) is -0.515. The molecule has 4 atom stereocenters. The molecule has 1 saturated heterocycles. The zero-order chi connectivity index (χ0) is 25.2. The lowest BCUT2D eigenvalue weighted by Gasteiger charge is -2.77. The third-order valence-corrected chi connectivity index (χ3v) is 10.4. The molecule has 5 saturated carbocycles. The maximum absolute atomic E-state index is 13.1. The van der Waals surface area contributed by atoms with Gasteiger partial charge < -0.3 is 18.5 Å². The van der Waals surface area contributed by atoms with Gasteiger partial charge in [-0.15, -0.1) is 0 Å². The first-order chi connectivity index (χ1) is 15.9. The summed E-state index contributed by atoms with van der Waals surface area (Å²) in [5.41, 5.74) is -1.16. The zero-order valence-corrected chi connectivity index (χ0v) is 22.5. The molecule has 10 nitrogen and oxygen atoms in total. The Morgan fingerprint density at radius 3 is 1.38 bits per heavy atom. The average Bonchev–Trinajstić information content (AvgIpc) is 3.13. The molecule has 0 spiro atoms. The van der Waals surface area contributed by atoms with Crippen LogP contribution in [-0.4, -0.2) is 44.4 Å². The summed E-state index contributed by atoms with van der Waals surface area (Å²) in [6, 6.07) is 0. The van der Waals surface area contributed by atoms with Gasteiger partial charge in [0.15, 0.2) is 5.79 Å². The summed E-state index contributed by atoms with van der Waals surface area (Å²) in [6.07, 6.45) is -0.0397. The third kappa shape index (κ3) is 3.60. The lowest BCUT2D eigenvalue weighted by atomic mass is 9.26. The van der Waals surface area contributed by atoms with Crippen molar-refractivity contribution < 1.29 is 45.7 Å². The van der Waals surface area contributed by atoms with Crippen LogP contribution in [0.2, 0.25) is 0 Å². The van der Waals surface area contributed by atoms with Crippen LogP contribution in [0.4, 0.5) is 0 Å². The molecular weight excluding hydrogens is 486 g/mol. The molecule has 2 unspecified atom stereocenters. The molecule has 34 heavy (non-hydrogen) atoms. The standard InChI is InChI=1S/C22H36O10P2/c1-9-25-33(23,26-10-2)31-14(5)21-13-22(15(6)32-34(24,27-11-3)28-12-4)18(21)16-17(19(21)22)30-20(7,8)29-16/h16-19H,5-6,9-13H2,1-4,7-8H3/t16-,17+,18?,19?,21?,22?. The highest BCUT2D eigenvalue weighted by atomic mass is 31.2. The van der Waals surface area contributed by atoms with Crippen LogP contribution in [0.25, 0.3) is 0 Å². The molecule has 6 rings (SSSR count). The van der Waals surface area contributed by atoms with Crippen LogP contribution in [0.1, 0.15) is 48.0 Å². The molecular formula is C22H36O10P2. The first-order valence-corrected chi connectivity index (χ1v) is 14.7. The van der Waals surface area contributed by atoms with E-state index in [2.05, 4.69) is 13.2 Å². The number of allylic oxidation sites excluding steroid dienone is 2. The van der Waals surface area contributed by atoms with Crippen molar-refractivity contribution >= 4 is 15.6 Å². The van der Waals surface area contributed by atoms with Gasteiger partial charge in [-0.05, 0) is 48.0 Å². The second-order valence-corrected chi connectivity index (χ2v) is 12.6. The third-order valence-electron chi connectivity index (χ3n) is 7.26. The van der Waals surface area contributed by atoms with Crippen LogP contribution in [0, 0.1) is 22.7 Å². The fraction of sp³-hybridized carbons (Fsp3) is 0.818. The van der Waals surface area contributed by atoms with Gasteiger partial charge in [0.2, 0.25) is 0 Å². The summed E-state index contributed by atoms with van der Waals surface area (Å²) in [5, 5.41) is 0. The van der Waals surface area contributed by atoms with E-state index >= 15 is 0 Å². The Morgan fingerprint density at radius 1 is 0.765 bits per heavy atom. The van der Waals surface area contributed by atoms with E-state index in [1.54, 1.807) is 27.7 Å². The molecule has 6 fully saturated rings. The zero-order valence-electron chi connectivity index (χ0n) is 20.7. The van der Waals surface area contributed by atoms with Gasteiger partial charge in [-0.3, -0.25) is 18.1 Å². The van der Waals surface area contributed by atoms with E-state index in [1.807, 2.05) is 13.8 Å². The number of phosphoric ester groups is 2. The monoisotopic (exact) mass is 522 g/mol. The van der Waals surface area contributed by atoms with E-state index < -0.39 is 32.3 Å². The summed E-state index contributed by atoms with van der Waals surface area (Å²) in [4.78, 5) is 0. The Kier molecular flexibility index (Phi) is 6.75. The van der Waals surface area contributed by atoms with Crippen molar-refractivity contribution in [3.8, 4) is 0 Å². The first kappa shape index (κ1) is 26.4. The molecule has 1 heterocycles. The van der Waals surface area contributed by atoms with Crippen molar-refractivity contribution in [2.45, 2.75) is 66.0 Å². The Morgan fingerprint density at radius 2 is 1.09 bits per heavy atom. The second-order valence-electron chi connectivity index (χ2n) is 9.37. The fourth-order valence-electron chi connectivity index (χ4n) is 6.52. The quantitative estimate of drug-likeness (QED) is 0.212. The van der Waals surface area contributed by atoms with E-state index in [9.17, 15) is 9.13 Å². The molecule has 6 aliphatic rings. The number of hydrogen-bond acceptors (Lipinski definition) is 10. The maximum atomic E-state index is 13.1. The van der Waals surface area contributed by atoms with E-state index in [4.69, 9.17) is 36.6 Å². The predicted octanol–water partition coefficient (Wildman–Crippen LogP) is 5.57. The Balaban J connectivity index is 1.60. The van der Waals surface area contributed by atoms with E-state index in [0.717, 1.165) is 0 Å². The molecule has 0 aromatic heterocycles. The predicted molar refractivity (Wildman–Crippen MR) is 122 cm³/mol. The number of ether oxygens (including phenoxy) is 2. The second kappa shape index (κ2) is 8.70. The number of rotatable bonds is 14. The molecule has 5 aliphatic carbocycles. The summed E-state index contributed by atoms with van der Waals surface area (Å²) >= 11 is 0. The Hall–Kier alpha value is -0.700. The highest BCUT2D eigenvalue weighted by Crippen LogP contribution is 2.93. The van der Waals surface area contributed by atoms with Gasteiger partial charge >= 0.3 is 15.6 Å². The lowest BCUT2D eigenvalue weighted by Crippen LogP contribution is -2.76. The summed E-state index contributed by atoms with van der Waals surface area (Å²) < 4.78 is 71.4. The maximum Gasteiger partial charge on any atom is 0.529 e. The largest absolute Gasteiger partial charge is 0.529 e. The Bertz CT molecular complexity index is 846. The molecule has 1 aliphatic heterocycles. The van der Waals surface area contributed by atoms with E-state index in [0.29, 0.717) is 17.9 Å². The van der Waals surface area contributed by atoms with Crippen LogP contribution in [0.3, 0.4) is 0 Å². The van der Waals surface area contributed by atoms with Crippen LogP contribution >= 0.6 is 15.6 Å². The highest BCUT2D eigenvalue weighted by Gasteiger charge is 2.95. The first-order valence-electron chi connectivity index (χ1n) is 11.8. The van der Waals surface area contributed by atoms with Gasteiger partial charge in [-0.1, -0.05) is 13.2 Å². The van der Waals surface area contributed by atoms with Crippen molar-refractivity contribution in [1.29, 1.82) is 0 Å². The lowest BCUT2D eigenvalue weighted by molar-refractivity contribution is -0.331. The molecule has 12 heteroatoms. The fourth-order valence-corrected chi connectivity index (χ4v) is 9.02. The average molecular weight is 522 g/mol. The van der Waals surface area contributed by atoms with E-state index in [1.165, 1.54) is 0 Å². The summed E-state index contributed by atoms with van der Waals surface area (Å²) in [6.45, 7) is 19.5. The van der Waals surface area contributed by atoms with Crippen LogP contribution in [-0.2, 0) is 45.7 Å². The number of phosphoric acid groups is 2. The van der Waals surface area contributed by atoms with Crippen molar-refractivity contribution in [3.63, 3.8) is 0 Å². The Labute approximate surface area is 201 Å². The van der Waals surface area contributed by atoms with Gasteiger partial charge in [0, 0.05) is 22.7 Å². The normalized spacial score (nSPS) is 36.9. The van der Waals surface area contributed by atoms with Crippen molar-refractivity contribution in [2.24, 2.45) is 22.7 Å². The minimum atomic E-state index is -3.82. The molecule has 0 aromatic rings. The van der Waals surface area contributed by atoms with Crippen molar-refractivity contribution in [3.05, 3.63) is 24.7 Å². The van der Waals surface area contributed by atoms with Gasteiger partial charge in [0.05, 0.1) is 38.6 Å². The minimum absolute atomic E-state index is 0.162.